The first-order valence-electron chi connectivity index (χ1n) is 12.9. The lowest BCUT2D eigenvalue weighted by atomic mass is 10.0. The number of H-pyrrole nitrogens is 1. The number of anilines is 2. The van der Waals surface area contributed by atoms with Crippen molar-refractivity contribution in [1.29, 1.82) is 0 Å². The molecule has 0 radical (unpaired) electrons. The second-order valence-electron chi connectivity index (χ2n) is 9.84. The summed E-state index contributed by atoms with van der Waals surface area (Å²) >= 11 is 0. The maximum Gasteiger partial charge on any atom is 0.397 e. The van der Waals surface area contributed by atoms with Crippen molar-refractivity contribution in [2.45, 2.75) is 45.0 Å². The van der Waals surface area contributed by atoms with Gasteiger partial charge in [0, 0.05) is 43.5 Å². The van der Waals surface area contributed by atoms with Crippen LogP contribution in [0.15, 0.2) is 48.9 Å². The Bertz CT molecular complexity index is 1490. The van der Waals surface area contributed by atoms with E-state index in [0.717, 1.165) is 22.2 Å². The van der Waals surface area contributed by atoms with Gasteiger partial charge in [0.1, 0.15) is 18.6 Å². The van der Waals surface area contributed by atoms with E-state index >= 15 is 0 Å². The molecule has 13 heteroatoms. The molecular formula is C27H29F3N8O2. The number of fused-ring (bicyclic) bond motifs is 1. The number of carbonyl (C=O) groups excluding carboxylic acids is 1. The van der Waals surface area contributed by atoms with E-state index in [1.807, 2.05) is 32.0 Å². The van der Waals surface area contributed by atoms with Gasteiger partial charge in [-0.1, -0.05) is 6.07 Å². The Morgan fingerprint density at radius 1 is 1.18 bits per heavy atom. The molecule has 1 saturated heterocycles. The first kappa shape index (κ1) is 27.3. The number of amides is 1. The second kappa shape index (κ2) is 11.5. The number of rotatable bonds is 8. The number of piperazine rings is 1. The fourth-order valence-corrected chi connectivity index (χ4v) is 4.64. The minimum absolute atomic E-state index is 0.00581. The quantitative estimate of drug-likeness (QED) is 0.296. The van der Waals surface area contributed by atoms with Crippen molar-refractivity contribution in [2.24, 2.45) is 0 Å². The Hall–Kier alpha value is -4.26. The number of nitrogens with one attached hydrogen (secondary N) is 3. The van der Waals surface area contributed by atoms with Gasteiger partial charge < -0.3 is 25.3 Å². The highest BCUT2D eigenvalue weighted by atomic mass is 19.4. The van der Waals surface area contributed by atoms with Crippen LogP contribution in [0.1, 0.15) is 25.8 Å². The number of aromatic amines is 1. The van der Waals surface area contributed by atoms with E-state index in [-0.39, 0.29) is 12.6 Å². The van der Waals surface area contributed by atoms with E-state index in [9.17, 15) is 18.0 Å². The van der Waals surface area contributed by atoms with Crippen LogP contribution in [0.2, 0.25) is 0 Å². The average Bonchev–Trinajstić information content (AvgIpc) is 3.29. The SMILES string of the molecule is CC(C)Oc1cc(-c2ccc3nc(Nc4cc(CC5CNCCN5C(=O)CC(F)(F)F)ccn4)[nH]c3c2)ncn1. The van der Waals surface area contributed by atoms with Gasteiger partial charge in [-0.05, 0) is 50.1 Å². The van der Waals surface area contributed by atoms with Crippen molar-refractivity contribution in [3.63, 3.8) is 0 Å². The number of alkyl halides is 3. The molecule has 3 aromatic heterocycles. The number of aromatic nitrogens is 5. The lowest BCUT2D eigenvalue weighted by Gasteiger charge is -2.36. The van der Waals surface area contributed by atoms with Gasteiger partial charge in [0.05, 0.1) is 22.8 Å². The molecule has 1 amide bonds. The van der Waals surface area contributed by atoms with Crippen molar-refractivity contribution in [3.05, 3.63) is 54.5 Å². The number of benzene rings is 1. The Labute approximate surface area is 228 Å². The third kappa shape index (κ3) is 6.84. The van der Waals surface area contributed by atoms with Gasteiger partial charge in [0.25, 0.3) is 0 Å². The molecule has 1 atom stereocenters. The van der Waals surface area contributed by atoms with Crippen molar-refractivity contribution in [1.82, 2.24) is 35.1 Å². The summed E-state index contributed by atoms with van der Waals surface area (Å²) in [5.74, 6) is 0.582. The molecule has 1 fully saturated rings. The van der Waals surface area contributed by atoms with Gasteiger partial charge in [-0.3, -0.25) is 4.79 Å². The molecule has 1 aliphatic heterocycles. The van der Waals surface area contributed by atoms with E-state index in [0.29, 0.717) is 42.9 Å². The molecule has 0 saturated carbocycles. The fourth-order valence-electron chi connectivity index (χ4n) is 4.64. The Kier molecular flexibility index (Phi) is 7.83. The van der Waals surface area contributed by atoms with Crippen LogP contribution in [0.3, 0.4) is 0 Å². The fraction of sp³-hybridized carbons (Fsp3) is 0.370. The number of imidazole rings is 1. The third-order valence-electron chi connectivity index (χ3n) is 6.34. The predicted molar refractivity (Wildman–Crippen MR) is 143 cm³/mol. The maximum absolute atomic E-state index is 12.8. The predicted octanol–water partition coefficient (Wildman–Crippen LogP) is 4.24. The number of hydrogen-bond acceptors (Lipinski definition) is 8. The molecule has 1 aliphatic rings. The van der Waals surface area contributed by atoms with Gasteiger partial charge in [0.2, 0.25) is 17.7 Å². The summed E-state index contributed by atoms with van der Waals surface area (Å²) in [7, 11) is 0. The minimum atomic E-state index is -4.53. The number of ether oxygens (including phenoxy) is 1. The van der Waals surface area contributed by atoms with Gasteiger partial charge in [-0.25, -0.2) is 19.9 Å². The Balaban J connectivity index is 1.29. The van der Waals surface area contributed by atoms with Crippen LogP contribution in [0.25, 0.3) is 22.3 Å². The lowest BCUT2D eigenvalue weighted by Crippen LogP contribution is -2.55. The zero-order valence-corrected chi connectivity index (χ0v) is 22.0. The average molecular weight is 555 g/mol. The van der Waals surface area contributed by atoms with Gasteiger partial charge >= 0.3 is 6.18 Å². The molecule has 10 nitrogen and oxygen atoms in total. The second-order valence-corrected chi connectivity index (χ2v) is 9.84. The summed E-state index contributed by atoms with van der Waals surface area (Å²) in [4.78, 5) is 34.3. The van der Waals surface area contributed by atoms with Gasteiger partial charge in [-0.2, -0.15) is 13.2 Å². The zero-order valence-electron chi connectivity index (χ0n) is 22.0. The lowest BCUT2D eigenvalue weighted by molar-refractivity contribution is -0.163. The van der Waals surface area contributed by atoms with Crippen LogP contribution in [-0.4, -0.2) is 73.7 Å². The van der Waals surface area contributed by atoms with Gasteiger partial charge in [0.15, 0.2) is 0 Å². The van der Waals surface area contributed by atoms with Crippen LogP contribution in [0.5, 0.6) is 5.88 Å². The normalized spacial score (nSPS) is 15.9. The minimum Gasteiger partial charge on any atom is -0.475 e. The number of halogens is 3. The van der Waals surface area contributed by atoms with Crippen LogP contribution in [0.4, 0.5) is 24.9 Å². The van der Waals surface area contributed by atoms with E-state index in [2.05, 4.69) is 35.6 Å². The molecule has 4 aromatic rings. The van der Waals surface area contributed by atoms with Crippen molar-refractivity contribution >= 4 is 28.7 Å². The summed E-state index contributed by atoms with van der Waals surface area (Å²) in [6.07, 6.45) is -2.53. The monoisotopic (exact) mass is 554 g/mol. The Morgan fingerprint density at radius 2 is 2.02 bits per heavy atom. The van der Waals surface area contributed by atoms with E-state index < -0.39 is 24.5 Å². The highest BCUT2D eigenvalue weighted by molar-refractivity contribution is 5.83. The molecule has 1 aromatic carbocycles. The summed E-state index contributed by atoms with van der Waals surface area (Å²) in [6.45, 7) is 4.97. The van der Waals surface area contributed by atoms with Crippen LogP contribution < -0.4 is 15.4 Å². The zero-order chi connectivity index (χ0) is 28.3. The first-order chi connectivity index (χ1) is 19.1. The van der Waals surface area contributed by atoms with E-state index in [4.69, 9.17) is 4.74 Å². The molecule has 3 N–H and O–H groups in total. The van der Waals surface area contributed by atoms with E-state index in [1.54, 1.807) is 24.4 Å². The molecule has 5 rings (SSSR count). The largest absolute Gasteiger partial charge is 0.475 e. The van der Waals surface area contributed by atoms with Crippen molar-refractivity contribution < 1.29 is 22.7 Å². The topological polar surface area (TPSA) is 121 Å². The van der Waals surface area contributed by atoms with Crippen LogP contribution in [0, 0.1) is 0 Å². The highest BCUT2D eigenvalue weighted by Crippen LogP contribution is 2.26. The van der Waals surface area contributed by atoms with Crippen LogP contribution in [-0.2, 0) is 11.2 Å². The molecular weight excluding hydrogens is 525 g/mol. The van der Waals surface area contributed by atoms with Crippen LogP contribution >= 0.6 is 0 Å². The molecule has 1 unspecified atom stereocenters. The molecule has 0 bridgehead atoms. The van der Waals surface area contributed by atoms with E-state index in [1.165, 1.54) is 11.2 Å². The number of hydrogen-bond donors (Lipinski definition) is 3. The number of carbonyl (C=O) groups is 1. The van der Waals surface area contributed by atoms with Gasteiger partial charge in [-0.15, -0.1) is 0 Å². The standard InChI is InChI=1S/C27H29F3N8O2/c1-16(2)40-24-12-21(33-15-34-24)18-3-4-20-22(11-18)36-26(35-20)37-23-10-17(5-6-32-23)9-19-14-31-7-8-38(19)25(39)13-27(28,29)30/h3-6,10-12,15-16,19,31H,7-9,13-14H2,1-2H3,(H2,32,35,36,37). The molecule has 4 heterocycles. The van der Waals surface area contributed by atoms with Crippen molar-refractivity contribution in [2.75, 3.05) is 25.0 Å². The number of nitrogens with zero attached hydrogens (tertiary/aromatic N) is 5. The Morgan fingerprint density at radius 3 is 2.83 bits per heavy atom. The summed E-state index contributed by atoms with van der Waals surface area (Å²) < 4.78 is 44.1. The first-order valence-corrected chi connectivity index (χ1v) is 12.9. The molecule has 0 aliphatic carbocycles. The summed E-state index contributed by atoms with van der Waals surface area (Å²) in [5.41, 5.74) is 3.93. The molecule has 210 valence electrons. The molecule has 40 heavy (non-hydrogen) atoms. The highest BCUT2D eigenvalue weighted by Gasteiger charge is 2.36. The summed E-state index contributed by atoms with van der Waals surface area (Å²) in [6, 6.07) is 10.7. The molecule has 0 spiro atoms. The van der Waals surface area contributed by atoms with Crippen molar-refractivity contribution in [3.8, 4) is 17.1 Å². The summed E-state index contributed by atoms with van der Waals surface area (Å²) in [5, 5.41) is 6.32. The third-order valence-corrected chi connectivity index (χ3v) is 6.34. The maximum atomic E-state index is 12.8. The smallest absolute Gasteiger partial charge is 0.397 e. The number of pyridine rings is 1.